The quantitative estimate of drug-likeness (QED) is 0.628. The van der Waals surface area contributed by atoms with E-state index in [1.54, 1.807) is 0 Å². The van der Waals surface area contributed by atoms with E-state index in [1.165, 1.54) is 5.69 Å². The van der Waals surface area contributed by atoms with Crippen LogP contribution in [0.25, 0.3) is 0 Å². The molecule has 0 amide bonds. The first-order chi connectivity index (χ1) is 5.33. The van der Waals surface area contributed by atoms with Crippen molar-refractivity contribution in [3.05, 3.63) is 11.4 Å². The van der Waals surface area contributed by atoms with Gasteiger partial charge in [-0.25, -0.2) is 4.98 Å². The van der Waals surface area contributed by atoms with Crippen LogP contribution in [0.3, 0.4) is 0 Å². The van der Waals surface area contributed by atoms with Crippen molar-refractivity contribution in [2.75, 3.05) is 5.75 Å². The highest BCUT2D eigenvalue weighted by Gasteiger charge is 2.18. The van der Waals surface area contributed by atoms with Crippen LogP contribution in [0.15, 0.2) is 5.16 Å². The topological polar surface area (TPSA) is 17.8 Å². The van der Waals surface area contributed by atoms with Crippen molar-refractivity contribution in [1.82, 2.24) is 9.55 Å². The molecule has 60 valence electrons. The Balaban J connectivity index is 2.52. The van der Waals surface area contributed by atoms with Gasteiger partial charge >= 0.3 is 0 Å². The van der Waals surface area contributed by atoms with Crippen LogP contribution in [-0.4, -0.2) is 15.3 Å². The van der Waals surface area contributed by atoms with E-state index < -0.39 is 0 Å². The monoisotopic (exact) mass is 188 g/mol. The predicted molar refractivity (Wildman–Crippen MR) is 47.2 cm³/mol. The SMILES string of the molecule is Cc1nc2n(c1CCl)CCS2. The number of fused-ring (bicyclic) bond motifs is 1. The molecule has 2 heterocycles. The number of aryl methyl sites for hydroxylation is 1. The highest BCUT2D eigenvalue weighted by Crippen LogP contribution is 2.28. The Hall–Kier alpha value is -0.150. The average molecular weight is 189 g/mol. The highest BCUT2D eigenvalue weighted by atomic mass is 35.5. The minimum atomic E-state index is 0.583. The summed E-state index contributed by atoms with van der Waals surface area (Å²) in [6, 6.07) is 0. The lowest BCUT2D eigenvalue weighted by molar-refractivity contribution is 0.694. The third-order valence-electron chi connectivity index (χ3n) is 1.91. The van der Waals surface area contributed by atoms with Crippen LogP contribution in [0.5, 0.6) is 0 Å². The molecule has 2 rings (SSSR count). The predicted octanol–water partition coefficient (Wildman–Crippen LogP) is 2.04. The first-order valence-corrected chi connectivity index (χ1v) is 5.09. The van der Waals surface area contributed by atoms with Gasteiger partial charge in [0.25, 0.3) is 0 Å². The largest absolute Gasteiger partial charge is 0.321 e. The molecule has 0 unspecified atom stereocenters. The molecular weight excluding hydrogens is 180 g/mol. The number of imidazole rings is 1. The molecule has 0 atom stereocenters. The zero-order valence-electron chi connectivity index (χ0n) is 6.30. The molecule has 0 aliphatic carbocycles. The molecule has 0 radical (unpaired) electrons. The van der Waals surface area contributed by atoms with E-state index in [0.29, 0.717) is 5.88 Å². The molecule has 0 aromatic carbocycles. The number of aromatic nitrogens is 2. The van der Waals surface area contributed by atoms with E-state index in [0.717, 1.165) is 23.1 Å². The summed E-state index contributed by atoms with van der Waals surface area (Å²) < 4.78 is 2.22. The van der Waals surface area contributed by atoms with Crippen LogP contribution >= 0.6 is 23.4 Å². The molecule has 1 aliphatic rings. The van der Waals surface area contributed by atoms with Crippen LogP contribution in [0.1, 0.15) is 11.4 Å². The summed E-state index contributed by atoms with van der Waals surface area (Å²) >= 11 is 7.60. The maximum absolute atomic E-state index is 5.79. The van der Waals surface area contributed by atoms with Crippen LogP contribution in [0.2, 0.25) is 0 Å². The van der Waals surface area contributed by atoms with Crippen LogP contribution in [0.4, 0.5) is 0 Å². The molecule has 0 bridgehead atoms. The number of halogens is 1. The molecule has 4 heteroatoms. The average Bonchev–Trinajstić information content (AvgIpc) is 2.46. The minimum absolute atomic E-state index is 0.583. The zero-order chi connectivity index (χ0) is 7.84. The second-order valence-electron chi connectivity index (χ2n) is 2.56. The fourth-order valence-corrected chi connectivity index (χ4v) is 2.67. The van der Waals surface area contributed by atoms with Gasteiger partial charge in [-0.2, -0.15) is 0 Å². The number of hydrogen-bond acceptors (Lipinski definition) is 2. The van der Waals surface area contributed by atoms with E-state index in [1.807, 2.05) is 18.7 Å². The number of hydrogen-bond donors (Lipinski definition) is 0. The summed E-state index contributed by atoms with van der Waals surface area (Å²) in [4.78, 5) is 4.40. The first kappa shape index (κ1) is 7.50. The van der Waals surface area contributed by atoms with E-state index in [-0.39, 0.29) is 0 Å². The number of alkyl halides is 1. The molecule has 0 N–H and O–H groups in total. The molecular formula is C7H9ClN2S. The van der Waals surface area contributed by atoms with Crippen LogP contribution < -0.4 is 0 Å². The van der Waals surface area contributed by atoms with Gasteiger partial charge in [-0.1, -0.05) is 11.8 Å². The van der Waals surface area contributed by atoms with E-state index in [2.05, 4.69) is 9.55 Å². The molecule has 1 aromatic heterocycles. The standard InChI is InChI=1S/C7H9ClN2S/c1-5-6(4-8)10-2-3-11-7(10)9-5/h2-4H2,1H3. The maximum atomic E-state index is 5.79. The molecule has 0 fully saturated rings. The fraction of sp³-hybridized carbons (Fsp3) is 0.571. The van der Waals surface area contributed by atoms with Crippen LogP contribution in [-0.2, 0) is 12.4 Å². The van der Waals surface area contributed by atoms with Gasteiger partial charge in [0, 0.05) is 12.3 Å². The Morgan fingerprint density at radius 3 is 3.27 bits per heavy atom. The van der Waals surface area contributed by atoms with Gasteiger partial charge in [-0.3, -0.25) is 0 Å². The molecule has 1 aromatic rings. The number of thioether (sulfide) groups is 1. The third-order valence-corrected chi connectivity index (χ3v) is 3.12. The summed E-state index contributed by atoms with van der Waals surface area (Å²) in [7, 11) is 0. The van der Waals surface area contributed by atoms with Gasteiger partial charge < -0.3 is 4.57 Å². The van der Waals surface area contributed by atoms with Gasteiger partial charge in [0.1, 0.15) is 0 Å². The van der Waals surface area contributed by atoms with Gasteiger partial charge in [0.05, 0.1) is 17.3 Å². The zero-order valence-corrected chi connectivity index (χ0v) is 7.87. The minimum Gasteiger partial charge on any atom is -0.321 e. The van der Waals surface area contributed by atoms with Crippen molar-refractivity contribution in [2.24, 2.45) is 0 Å². The Kier molecular flexibility index (Phi) is 1.85. The lowest BCUT2D eigenvalue weighted by Crippen LogP contribution is -1.98. The Morgan fingerprint density at radius 2 is 2.55 bits per heavy atom. The van der Waals surface area contributed by atoms with Crippen molar-refractivity contribution in [2.45, 2.75) is 24.5 Å². The maximum Gasteiger partial charge on any atom is 0.168 e. The van der Waals surface area contributed by atoms with E-state index in [4.69, 9.17) is 11.6 Å². The van der Waals surface area contributed by atoms with Gasteiger partial charge in [0.2, 0.25) is 0 Å². The van der Waals surface area contributed by atoms with E-state index >= 15 is 0 Å². The molecule has 2 nitrogen and oxygen atoms in total. The van der Waals surface area contributed by atoms with Crippen LogP contribution in [0, 0.1) is 6.92 Å². The van der Waals surface area contributed by atoms with Crippen molar-refractivity contribution in [3.8, 4) is 0 Å². The molecule has 0 saturated heterocycles. The van der Waals surface area contributed by atoms with Gasteiger partial charge in [-0.15, -0.1) is 11.6 Å². The number of rotatable bonds is 1. The second-order valence-corrected chi connectivity index (χ2v) is 3.89. The fourth-order valence-electron chi connectivity index (χ4n) is 1.32. The molecule has 0 saturated carbocycles. The van der Waals surface area contributed by atoms with Crippen molar-refractivity contribution < 1.29 is 0 Å². The van der Waals surface area contributed by atoms with Crippen molar-refractivity contribution >= 4 is 23.4 Å². The molecule has 1 aliphatic heterocycles. The van der Waals surface area contributed by atoms with Gasteiger partial charge in [0.15, 0.2) is 5.16 Å². The third kappa shape index (κ3) is 1.07. The van der Waals surface area contributed by atoms with Gasteiger partial charge in [-0.05, 0) is 6.92 Å². The van der Waals surface area contributed by atoms with Crippen molar-refractivity contribution in [3.63, 3.8) is 0 Å². The highest BCUT2D eigenvalue weighted by molar-refractivity contribution is 7.99. The Bertz CT molecular complexity index is 282. The van der Waals surface area contributed by atoms with E-state index in [9.17, 15) is 0 Å². The molecule has 11 heavy (non-hydrogen) atoms. The smallest absolute Gasteiger partial charge is 0.168 e. The summed E-state index contributed by atoms with van der Waals surface area (Å²) in [5.41, 5.74) is 2.27. The Labute approximate surface area is 75.0 Å². The number of nitrogens with zero attached hydrogens (tertiary/aromatic N) is 2. The normalized spacial score (nSPS) is 15.5. The summed E-state index contributed by atoms with van der Waals surface area (Å²) in [5.74, 6) is 1.73. The summed E-state index contributed by atoms with van der Waals surface area (Å²) in [6.45, 7) is 3.09. The lowest BCUT2D eigenvalue weighted by Gasteiger charge is -1.99. The van der Waals surface area contributed by atoms with Crippen molar-refractivity contribution in [1.29, 1.82) is 0 Å². The second kappa shape index (κ2) is 2.72. The Morgan fingerprint density at radius 1 is 1.73 bits per heavy atom. The summed E-state index contributed by atoms with van der Waals surface area (Å²) in [6.07, 6.45) is 0. The lowest BCUT2D eigenvalue weighted by atomic mass is 10.4. The summed E-state index contributed by atoms with van der Waals surface area (Å²) in [5, 5.41) is 1.14. The first-order valence-electron chi connectivity index (χ1n) is 3.57. The molecule has 0 spiro atoms.